The molecule has 0 unspecified atom stereocenters. The van der Waals surface area contributed by atoms with E-state index in [0.717, 1.165) is 4.57 Å². The SMILES string of the molecule is COc1ccc(NC(=O)Cn2cnc3c2c(=O)n(C)c(=O)n3C)cc1N.Cl. The predicted molar refractivity (Wildman–Crippen MR) is 103 cm³/mol. The number of nitrogens with two attached hydrogens (primary N) is 1. The molecule has 0 fully saturated rings. The molecular formula is C16H19ClN6O4. The first-order chi connectivity index (χ1) is 12.3. The van der Waals surface area contributed by atoms with Gasteiger partial charge in [-0.2, -0.15) is 0 Å². The summed E-state index contributed by atoms with van der Waals surface area (Å²) in [6, 6.07) is 4.87. The third-order valence-corrected chi connectivity index (χ3v) is 4.04. The van der Waals surface area contributed by atoms with Crippen LogP contribution in [0.2, 0.25) is 0 Å². The Morgan fingerprint density at radius 3 is 2.59 bits per heavy atom. The highest BCUT2D eigenvalue weighted by atomic mass is 35.5. The van der Waals surface area contributed by atoms with Gasteiger partial charge in [-0.3, -0.25) is 18.7 Å². The topological polar surface area (TPSA) is 126 Å². The number of fused-ring (bicyclic) bond motifs is 1. The van der Waals surface area contributed by atoms with Crippen LogP contribution in [-0.2, 0) is 25.4 Å². The van der Waals surface area contributed by atoms with Gasteiger partial charge in [0.1, 0.15) is 12.3 Å². The van der Waals surface area contributed by atoms with Gasteiger partial charge in [0.15, 0.2) is 11.2 Å². The second-order valence-corrected chi connectivity index (χ2v) is 5.76. The molecule has 0 aliphatic heterocycles. The second kappa shape index (κ2) is 7.54. The molecule has 1 amide bonds. The minimum absolute atomic E-state index is 0. The van der Waals surface area contributed by atoms with Gasteiger partial charge in [0.25, 0.3) is 5.56 Å². The summed E-state index contributed by atoms with van der Waals surface area (Å²) in [5, 5.41) is 2.70. The smallest absolute Gasteiger partial charge is 0.332 e. The maximum Gasteiger partial charge on any atom is 0.332 e. The number of carbonyl (C=O) groups excluding carboxylic acids is 1. The first-order valence-electron chi connectivity index (χ1n) is 7.67. The van der Waals surface area contributed by atoms with Crippen LogP contribution in [0.5, 0.6) is 5.75 Å². The van der Waals surface area contributed by atoms with Crippen LogP contribution >= 0.6 is 12.4 Å². The normalized spacial score (nSPS) is 10.5. The van der Waals surface area contributed by atoms with Crippen molar-refractivity contribution in [2.75, 3.05) is 18.2 Å². The van der Waals surface area contributed by atoms with Crippen LogP contribution in [0.3, 0.4) is 0 Å². The predicted octanol–water partition coefficient (Wildman–Crippen LogP) is 0.0850. The molecule has 3 rings (SSSR count). The molecule has 3 aromatic rings. The molecule has 2 aromatic heterocycles. The van der Waals surface area contributed by atoms with Gasteiger partial charge in [0.2, 0.25) is 5.91 Å². The number of halogens is 1. The molecule has 0 saturated carbocycles. The fourth-order valence-electron chi connectivity index (χ4n) is 2.68. The van der Waals surface area contributed by atoms with Gasteiger partial charge in [-0.15, -0.1) is 12.4 Å². The number of methoxy groups -OCH3 is 1. The summed E-state index contributed by atoms with van der Waals surface area (Å²) in [5.74, 6) is 0.137. The molecule has 10 nitrogen and oxygen atoms in total. The fourth-order valence-corrected chi connectivity index (χ4v) is 2.68. The van der Waals surface area contributed by atoms with E-state index >= 15 is 0 Å². The fraction of sp³-hybridized carbons (Fsp3) is 0.250. The van der Waals surface area contributed by atoms with E-state index in [2.05, 4.69) is 10.3 Å². The zero-order valence-electron chi connectivity index (χ0n) is 14.9. The number of hydrogen-bond acceptors (Lipinski definition) is 6. The lowest BCUT2D eigenvalue weighted by atomic mass is 10.2. The Balaban J connectivity index is 0.00000261. The number of aryl methyl sites for hydroxylation is 1. The molecule has 0 bridgehead atoms. The number of imidazole rings is 1. The largest absolute Gasteiger partial charge is 0.495 e. The zero-order valence-corrected chi connectivity index (χ0v) is 15.7. The number of nitrogens with one attached hydrogen (secondary N) is 1. The summed E-state index contributed by atoms with van der Waals surface area (Å²) in [6.45, 7) is -0.143. The summed E-state index contributed by atoms with van der Waals surface area (Å²) in [7, 11) is 4.39. The van der Waals surface area contributed by atoms with Crippen molar-refractivity contribution < 1.29 is 9.53 Å². The van der Waals surface area contributed by atoms with Crippen molar-refractivity contribution in [3.63, 3.8) is 0 Å². The van der Waals surface area contributed by atoms with E-state index in [4.69, 9.17) is 10.5 Å². The molecular weight excluding hydrogens is 376 g/mol. The summed E-state index contributed by atoms with van der Waals surface area (Å²) in [6.07, 6.45) is 1.35. The average Bonchev–Trinajstić information content (AvgIpc) is 3.01. The molecule has 27 heavy (non-hydrogen) atoms. The van der Waals surface area contributed by atoms with Crippen LogP contribution in [0.1, 0.15) is 0 Å². The lowest BCUT2D eigenvalue weighted by Gasteiger charge is -2.10. The van der Waals surface area contributed by atoms with Gasteiger partial charge in [-0.1, -0.05) is 0 Å². The molecule has 0 saturated heterocycles. The Labute approximate surface area is 159 Å². The number of ether oxygens (including phenoxy) is 1. The van der Waals surface area contributed by atoms with Crippen LogP contribution in [0.4, 0.5) is 11.4 Å². The number of nitrogens with zero attached hydrogens (tertiary/aromatic N) is 4. The van der Waals surface area contributed by atoms with Gasteiger partial charge in [0, 0.05) is 19.8 Å². The number of anilines is 2. The summed E-state index contributed by atoms with van der Waals surface area (Å²) in [4.78, 5) is 40.7. The molecule has 144 valence electrons. The number of hydrogen-bond donors (Lipinski definition) is 2. The first-order valence-corrected chi connectivity index (χ1v) is 7.67. The molecule has 11 heteroatoms. The van der Waals surface area contributed by atoms with Crippen molar-refractivity contribution in [3.8, 4) is 5.75 Å². The van der Waals surface area contributed by atoms with Crippen molar-refractivity contribution in [1.29, 1.82) is 0 Å². The number of benzene rings is 1. The van der Waals surface area contributed by atoms with Gasteiger partial charge in [-0.25, -0.2) is 9.78 Å². The van der Waals surface area contributed by atoms with E-state index in [1.54, 1.807) is 18.2 Å². The van der Waals surface area contributed by atoms with Gasteiger partial charge in [0.05, 0.1) is 19.1 Å². The van der Waals surface area contributed by atoms with Crippen molar-refractivity contribution in [3.05, 3.63) is 45.4 Å². The Morgan fingerprint density at radius 1 is 1.26 bits per heavy atom. The zero-order chi connectivity index (χ0) is 19.0. The Hall–Kier alpha value is -3.27. The number of nitrogen functional groups attached to an aromatic ring is 1. The minimum Gasteiger partial charge on any atom is -0.495 e. The van der Waals surface area contributed by atoms with E-state index in [9.17, 15) is 14.4 Å². The molecule has 0 aliphatic carbocycles. The van der Waals surface area contributed by atoms with Gasteiger partial charge >= 0.3 is 5.69 Å². The van der Waals surface area contributed by atoms with Crippen LogP contribution in [-0.4, -0.2) is 31.7 Å². The lowest BCUT2D eigenvalue weighted by molar-refractivity contribution is -0.116. The van der Waals surface area contributed by atoms with Crippen LogP contribution in [0.25, 0.3) is 11.2 Å². The van der Waals surface area contributed by atoms with Crippen molar-refractivity contribution in [2.24, 2.45) is 14.1 Å². The van der Waals surface area contributed by atoms with E-state index in [-0.39, 0.29) is 36.0 Å². The highest BCUT2D eigenvalue weighted by Crippen LogP contribution is 2.24. The minimum atomic E-state index is -0.512. The molecule has 0 atom stereocenters. The maximum atomic E-state index is 12.4. The number of amides is 1. The quantitative estimate of drug-likeness (QED) is 0.604. The van der Waals surface area contributed by atoms with Crippen LogP contribution in [0.15, 0.2) is 34.1 Å². The van der Waals surface area contributed by atoms with Gasteiger partial charge in [-0.05, 0) is 18.2 Å². The van der Waals surface area contributed by atoms with Crippen LogP contribution < -0.4 is 27.0 Å². The highest BCUT2D eigenvalue weighted by Gasteiger charge is 2.16. The number of carbonyl (C=O) groups is 1. The monoisotopic (exact) mass is 394 g/mol. The van der Waals surface area contributed by atoms with E-state index in [0.29, 0.717) is 17.1 Å². The number of aromatic nitrogens is 4. The Bertz CT molecular complexity index is 1130. The Kier molecular flexibility index (Phi) is 5.60. The van der Waals surface area contributed by atoms with E-state index in [1.807, 2.05) is 0 Å². The van der Waals surface area contributed by atoms with Crippen molar-refractivity contribution in [1.82, 2.24) is 18.7 Å². The third kappa shape index (κ3) is 3.51. The summed E-state index contributed by atoms with van der Waals surface area (Å²) < 4.78 is 8.70. The third-order valence-electron chi connectivity index (χ3n) is 4.04. The molecule has 0 aliphatic rings. The first kappa shape index (κ1) is 20.0. The number of rotatable bonds is 4. The molecule has 0 radical (unpaired) electrons. The molecule has 1 aromatic carbocycles. The Morgan fingerprint density at radius 2 is 1.96 bits per heavy atom. The van der Waals surface area contributed by atoms with Crippen molar-refractivity contribution in [2.45, 2.75) is 6.54 Å². The molecule has 0 spiro atoms. The molecule has 2 heterocycles. The van der Waals surface area contributed by atoms with Crippen molar-refractivity contribution >= 4 is 40.9 Å². The van der Waals surface area contributed by atoms with E-state index < -0.39 is 11.2 Å². The standard InChI is InChI=1S/C16H18N6O4.ClH/c1-20-14-13(15(24)21(2)16(20)25)22(8-18-14)7-12(23)19-9-4-5-11(26-3)10(17)6-9;/h4-6,8H,7,17H2,1-3H3,(H,19,23);1H. The lowest BCUT2D eigenvalue weighted by Crippen LogP contribution is -2.37. The average molecular weight is 395 g/mol. The summed E-state index contributed by atoms with van der Waals surface area (Å²) >= 11 is 0. The maximum absolute atomic E-state index is 12.4. The van der Waals surface area contributed by atoms with E-state index in [1.165, 1.54) is 36.7 Å². The molecule has 3 N–H and O–H groups in total. The second-order valence-electron chi connectivity index (χ2n) is 5.76. The van der Waals surface area contributed by atoms with Crippen LogP contribution in [0, 0.1) is 0 Å². The summed E-state index contributed by atoms with van der Waals surface area (Å²) in [5.41, 5.74) is 6.12. The highest BCUT2D eigenvalue weighted by molar-refractivity contribution is 5.92. The van der Waals surface area contributed by atoms with Gasteiger partial charge < -0.3 is 20.4 Å².